The number of nitrogens with two attached hydrogens (primary N) is 1. The molecule has 3 fully saturated rings. The average Bonchev–Trinajstić information content (AvgIpc) is 3.53. The SMILES string of the molecule is Nc1ncnc2c1c(-c1ccc(Oc3ccccc3)cc1)nn2[C@H]1CC[C@@H](N2CCN(C3CN(c4cc(C(=O)O)c(C(=O)O)cc4F)C3)CC2)CC1. The summed E-state index contributed by atoms with van der Waals surface area (Å²) < 4.78 is 22.8. The van der Waals surface area contributed by atoms with Crippen LogP contribution in [0.4, 0.5) is 15.9 Å². The molecule has 1 saturated carbocycles. The van der Waals surface area contributed by atoms with E-state index in [4.69, 9.17) is 15.6 Å². The standard InChI is InChI=1S/C38H39FN8O5/c39-31-18-29(37(48)49)30(38(50)51)19-32(31)46-20-26(21-46)45-16-14-44(15-17-45)24-8-10-25(11-9-24)47-36-33(35(40)41-22-42-36)34(43-47)23-6-12-28(13-7-23)52-27-4-2-1-3-5-27/h1-7,12-13,18-19,22,24-26H,8-11,14-17,20-21H2,(H,48,49)(H,50,51)(H2,40,41,42)/t24-,25+. The van der Waals surface area contributed by atoms with Gasteiger partial charge in [0.2, 0.25) is 0 Å². The Bertz CT molecular complexity index is 2110. The number of carbonyl (C=O) groups is 2. The fourth-order valence-corrected chi connectivity index (χ4v) is 7.93. The van der Waals surface area contributed by atoms with Gasteiger partial charge in [0.05, 0.1) is 28.2 Å². The molecule has 0 atom stereocenters. The Morgan fingerprint density at radius 2 is 1.37 bits per heavy atom. The van der Waals surface area contributed by atoms with Gasteiger partial charge < -0.3 is 25.6 Å². The number of benzene rings is 3. The molecule has 52 heavy (non-hydrogen) atoms. The van der Waals surface area contributed by atoms with Gasteiger partial charge in [-0.15, -0.1) is 0 Å². The van der Waals surface area contributed by atoms with Gasteiger partial charge in [-0.05, 0) is 74.2 Å². The number of aromatic carboxylic acids is 2. The van der Waals surface area contributed by atoms with Crippen LogP contribution in [0.3, 0.4) is 0 Å². The van der Waals surface area contributed by atoms with Gasteiger partial charge in [-0.2, -0.15) is 5.10 Å². The van der Waals surface area contributed by atoms with Gasteiger partial charge >= 0.3 is 11.9 Å². The zero-order valence-electron chi connectivity index (χ0n) is 28.4. The summed E-state index contributed by atoms with van der Waals surface area (Å²) in [5.41, 5.74) is 8.01. The summed E-state index contributed by atoms with van der Waals surface area (Å²) >= 11 is 0. The van der Waals surface area contributed by atoms with Crippen LogP contribution in [0, 0.1) is 5.82 Å². The normalized spacial score (nSPS) is 20.1. The zero-order chi connectivity index (χ0) is 35.9. The van der Waals surface area contributed by atoms with E-state index >= 15 is 0 Å². The number of rotatable bonds is 9. The summed E-state index contributed by atoms with van der Waals surface area (Å²) in [6.45, 7) is 4.81. The van der Waals surface area contributed by atoms with Crippen molar-refractivity contribution < 1.29 is 28.9 Å². The first-order chi connectivity index (χ1) is 25.2. The number of carboxylic acid groups (broad SMARTS) is 2. The quantitative estimate of drug-likeness (QED) is 0.179. The number of piperazine rings is 1. The zero-order valence-corrected chi connectivity index (χ0v) is 28.4. The molecule has 2 saturated heterocycles. The number of fused-ring (bicyclic) bond motifs is 1. The largest absolute Gasteiger partial charge is 0.478 e. The molecule has 0 bridgehead atoms. The summed E-state index contributed by atoms with van der Waals surface area (Å²) in [5.74, 6) is -1.67. The lowest BCUT2D eigenvalue weighted by atomic mass is 9.89. The maximum Gasteiger partial charge on any atom is 0.336 e. The van der Waals surface area contributed by atoms with Crippen molar-refractivity contribution in [2.24, 2.45) is 0 Å². The smallest absolute Gasteiger partial charge is 0.336 e. The number of nitrogen functional groups attached to an aromatic ring is 1. The third-order valence-electron chi connectivity index (χ3n) is 10.8. The van der Waals surface area contributed by atoms with Crippen molar-refractivity contribution in [3.63, 3.8) is 0 Å². The van der Waals surface area contributed by atoms with Gasteiger partial charge in [0.25, 0.3) is 0 Å². The highest BCUT2D eigenvalue weighted by Crippen LogP contribution is 2.38. The highest BCUT2D eigenvalue weighted by molar-refractivity contribution is 6.02. The highest BCUT2D eigenvalue weighted by atomic mass is 19.1. The Morgan fingerprint density at radius 1 is 0.769 bits per heavy atom. The molecule has 2 aliphatic heterocycles. The first-order valence-electron chi connectivity index (χ1n) is 17.6. The number of nitrogens with zero attached hydrogens (tertiary/aromatic N) is 7. The lowest BCUT2D eigenvalue weighted by molar-refractivity contribution is 0.0437. The number of halogens is 1. The maximum atomic E-state index is 14.8. The Morgan fingerprint density at radius 3 is 2.02 bits per heavy atom. The van der Waals surface area contributed by atoms with Crippen molar-refractivity contribution in [2.45, 2.75) is 43.8 Å². The number of hydrogen-bond donors (Lipinski definition) is 3. The second kappa shape index (κ2) is 13.8. The molecule has 0 unspecified atom stereocenters. The van der Waals surface area contributed by atoms with E-state index in [9.17, 15) is 24.2 Å². The number of hydrogen-bond acceptors (Lipinski definition) is 10. The molecule has 13 nitrogen and oxygen atoms in total. The van der Waals surface area contributed by atoms with Crippen LogP contribution < -0.4 is 15.4 Å². The number of ether oxygens (including phenoxy) is 1. The Labute approximate surface area is 299 Å². The predicted molar refractivity (Wildman–Crippen MR) is 192 cm³/mol. The predicted octanol–water partition coefficient (Wildman–Crippen LogP) is 5.39. The van der Waals surface area contributed by atoms with Gasteiger partial charge in [0.1, 0.15) is 35.2 Å². The van der Waals surface area contributed by atoms with E-state index in [0.29, 0.717) is 24.9 Å². The molecule has 1 aliphatic carbocycles. The van der Waals surface area contributed by atoms with E-state index in [-0.39, 0.29) is 17.8 Å². The van der Waals surface area contributed by atoms with Crippen LogP contribution in [0.1, 0.15) is 52.4 Å². The molecule has 0 radical (unpaired) electrons. The van der Waals surface area contributed by atoms with Crippen molar-refractivity contribution in [3.05, 3.63) is 90.0 Å². The minimum Gasteiger partial charge on any atom is -0.478 e. The molecule has 0 spiro atoms. The van der Waals surface area contributed by atoms with E-state index in [0.717, 1.165) is 97.8 Å². The first-order valence-corrected chi connectivity index (χ1v) is 17.6. The lowest BCUT2D eigenvalue weighted by Gasteiger charge is -2.50. The molecule has 3 aliphatic rings. The molecule has 268 valence electrons. The van der Waals surface area contributed by atoms with Gasteiger partial charge in [-0.1, -0.05) is 18.2 Å². The number of anilines is 2. The fourth-order valence-electron chi connectivity index (χ4n) is 7.93. The molecule has 4 N–H and O–H groups in total. The average molecular weight is 707 g/mol. The van der Waals surface area contributed by atoms with Crippen molar-refractivity contribution in [1.29, 1.82) is 0 Å². The fraction of sp³-hybridized carbons (Fsp3) is 0.342. The van der Waals surface area contributed by atoms with Crippen molar-refractivity contribution in [3.8, 4) is 22.8 Å². The first kappa shape index (κ1) is 33.5. The lowest BCUT2D eigenvalue weighted by Crippen LogP contribution is -2.64. The Hall–Kier alpha value is -5.60. The molecular formula is C38H39FN8O5. The summed E-state index contributed by atoms with van der Waals surface area (Å²) in [4.78, 5) is 38.7. The van der Waals surface area contributed by atoms with E-state index in [1.165, 1.54) is 6.33 Å². The second-order valence-electron chi connectivity index (χ2n) is 13.7. The molecule has 0 amide bonds. The van der Waals surface area contributed by atoms with Crippen LogP contribution in [-0.4, -0.2) is 103 Å². The number of carboxylic acids is 2. The van der Waals surface area contributed by atoms with Gasteiger partial charge in [-0.25, -0.2) is 28.6 Å². The molecule has 8 rings (SSSR count). The molecule has 4 heterocycles. The van der Waals surface area contributed by atoms with Crippen molar-refractivity contribution in [2.75, 3.05) is 49.9 Å². The van der Waals surface area contributed by atoms with Gasteiger partial charge in [0.15, 0.2) is 5.65 Å². The van der Waals surface area contributed by atoms with Crippen LogP contribution >= 0.6 is 0 Å². The second-order valence-corrected chi connectivity index (χ2v) is 13.7. The monoisotopic (exact) mass is 706 g/mol. The highest BCUT2D eigenvalue weighted by Gasteiger charge is 2.37. The molecule has 5 aromatic rings. The summed E-state index contributed by atoms with van der Waals surface area (Å²) in [5, 5.41) is 24.6. The minimum atomic E-state index is -1.47. The van der Waals surface area contributed by atoms with Gasteiger partial charge in [-0.3, -0.25) is 9.80 Å². The van der Waals surface area contributed by atoms with Crippen LogP contribution in [0.2, 0.25) is 0 Å². The molecule has 14 heteroatoms. The number of aromatic nitrogens is 4. The van der Waals surface area contributed by atoms with Crippen LogP contribution in [0.15, 0.2) is 73.1 Å². The maximum absolute atomic E-state index is 14.8. The molecular weight excluding hydrogens is 667 g/mol. The summed E-state index contributed by atoms with van der Waals surface area (Å²) in [6, 6.07) is 20.3. The van der Waals surface area contributed by atoms with Crippen LogP contribution in [0.5, 0.6) is 11.5 Å². The van der Waals surface area contributed by atoms with Gasteiger partial charge in [0, 0.05) is 56.9 Å². The summed E-state index contributed by atoms with van der Waals surface area (Å²) in [6.07, 6.45) is 5.53. The van der Waals surface area contributed by atoms with Crippen molar-refractivity contribution >= 4 is 34.5 Å². The van der Waals surface area contributed by atoms with E-state index in [2.05, 4.69) is 19.8 Å². The minimum absolute atomic E-state index is 0.131. The Kier molecular flexibility index (Phi) is 8.93. The van der Waals surface area contributed by atoms with E-state index in [1.807, 2.05) is 59.3 Å². The third-order valence-corrected chi connectivity index (χ3v) is 10.8. The number of para-hydroxylation sites is 1. The third kappa shape index (κ3) is 6.39. The van der Waals surface area contributed by atoms with E-state index in [1.54, 1.807) is 4.90 Å². The molecule has 2 aromatic heterocycles. The summed E-state index contributed by atoms with van der Waals surface area (Å²) in [7, 11) is 0. The Balaban J connectivity index is 0.875. The topological polar surface area (TPSA) is 163 Å². The van der Waals surface area contributed by atoms with Crippen LogP contribution in [-0.2, 0) is 0 Å². The van der Waals surface area contributed by atoms with Crippen molar-refractivity contribution in [1.82, 2.24) is 29.5 Å². The van der Waals surface area contributed by atoms with E-state index < -0.39 is 28.9 Å². The van der Waals surface area contributed by atoms with Crippen LogP contribution in [0.25, 0.3) is 22.3 Å². The molecule has 3 aromatic carbocycles.